The summed E-state index contributed by atoms with van der Waals surface area (Å²) in [5.74, 6) is 0.886. The minimum absolute atomic E-state index is 0.0249. The van der Waals surface area contributed by atoms with Crippen molar-refractivity contribution in [3.8, 4) is 5.75 Å². The highest BCUT2D eigenvalue weighted by Crippen LogP contribution is 2.27. The molecule has 4 heteroatoms. The van der Waals surface area contributed by atoms with Gasteiger partial charge in [0.25, 0.3) is 0 Å². The fourth-order valence-electron chi connectivity index (χ4n) is 3.15. The van der Waals surface area contributed by atoms with Crippen molar-refractivity contribution in [2.45, 2.75) is 38.1 Å². The maximum absolute atomic E-state index is 6.13. The molecule has 1 saturated heterocycles. The van der Waals surface area contributed by atoms with Gasteiger partial charge < -0.3 is 20.7 Å². The molecule has 1 unspecified atom stereocenters. The Morgan fingerprint density at radius 3 is 2.62 bits per heavy atom. The van der Waals surface area contributed by atoms with Gasteiger partial charge in [-0.1, -0.05) is 6.92 Å². The molecule has 0 bridgehead atoms. The first-order valence-corrected chi connectivity index (χ1v) is 8.06. The molecule has 1 atom stereocenters. The fraction of sp³-hybridized carbons (Fsp3) is 0.647. The average Bonchev–Trinajstić information content (AvgIpc) is 2.72. The molecule has 0 aliphatic carbocycles. The van der Waals surface area contributed by atoms with Crippen LogP contribution in [0.1, 0.15) is 32.6 Å². The lowest BCUT2D eigenvalue weighted by atomic mass is 9.90. The van der Waals surface area contributed by atoms with Gasteiger partial charge in [0.15, 0.2) is 0 Å². The number of hydrogen-bond donors (Lipinski definition) is 2. The van der Waals surface area contributed by atoms with Crippen LogP contribution in [-0.4, -0.2) is 43.7 Å². The van der Waals surface area contributed by atoms with Crippen LogP contribution in [0.4, 0.5) is 5.69 Å². The minimum Gasteiger partial charge on any atom is -0.497 e. The quantitative estimate of drug-likeness (QED) is 0.846. The lowest BCUT2D eigenvalue weighted by molar-refractivity contribution is 0.279. The van der Waals surface area contributed by atoms with Gasteiger partial charge in [-0.15, -0.1) is 0 Å². The lowest BCUT2D eigenvalue weighted by Crippen LogP contribution is -2.46. The molecule has 2 rings (SSSR count). The van der Waals surface area contributed by atoms with Crippen LogP contribution in [0, 0.1) is 0 Å². The van der Waals surface area contributed by atoms with Gasteiger partial charge in [0.05, 0.1) is 12.6 Å². The Morgan fingerprint density at radius 1 is 1.24 bits per heavy atom. The molecule has 21 heavy (non-hydrogen) atoms. The molecule has 1 aromatic rings. The molecular weight excluding hydrogens is 262 g/mol. The first kappa shape index (κ1) is 16.1. The molecule has 0 saturated carbocycles. The fourth-order valence-corrected chi connectivity index (χ4v) is 3.15. The van der Waals surface area contributed by atoms with Gasteiger partial charge >= 0.3 is 0 Å². The summed E-state index contributed by atoms with van der Waals surface area (Å²) in [7, 11) is 1.69. The molecule has 118 valence electrons. The molecule has 1 heterocycles. The molecule has 0 radical (unpaired) electrons. The van der Waals surface area contributed by atoms with E-state index in [2.05, 4.69) is 29.3 Å². The second-order valence-corrected chi connectivity index (χ2v) is 6.03. The van der Waals surface area contributed by atoms with Crippen molar-refractivity contribution in [3.63, 3.8) is 0 Å². The molecule has 3 N–H and O–H groups in total. The topological polar surface area (TPSA) is 50.5 Å². The third-order valence-corrected chi connectivity index (χ3v) is 4.47. The summed E-state index contributed by atoms with van der Waals surface area (Å²) in [4.78, 5) is 2.56. The van der Waals surface area contributed by atoms with Gasteiger partial charge in [0.1, 0.15) is 5.75 Å². The highest BCUT2D eigenvalue weighted by molar-refractivity contribution is 5.48. The number of hydrogen-bond acceptors (Lipinski definition) is 4. The van der Waals surface area contributed by atoms with Crippen molar-refractivity contribution in [1.29, 1.82) is 0 Å². The smallest absolute Gasteiger partial charge is 0.119 e. The average molecular weight is 291 g/mol. The van der Waals surface area contributed by atoms with E-state index in [0.717, 1.165) is 30.8 Å². The SMILES string of the molecule is CCCN1CCCC(CN)(Nc2ccc(OC)cc2)CC1. The zero-order valence-electron chi connectivity index (χ0n) is 13.4. The van der Waals surface area contributed by atoms with Crippen molar-refractivity contribution in [2.75, 3.05) is 38.6 Å². The van der Waals surface area contributed by atoms with Crippen molar-refractivity contribution in [1.82, 2.24) is 4.90 Å². The van der Waals surface area contributed by atoms with E-state index in [1.807, 2.05) is 12.1 Å². The Balaban J connectivity index is 2.02. The molecule has 4 nitrogen and oxygen atoms in total. The number of methoxy groups -OCH3 is 1. The molecular formula is C17H29N3O. The predicted octanol–water partition coefficient (Wildman–Crippen LogP) is 2.70. The van der Waals surface area contributed by atoms with Crippen LogP contribution in [0.3, 0.4) is 0 Å². The number of ether oxygens (including phenoxy) is 1. The first-order chi connectivity index (χ1) is 10.2. The summed E-state index contributed by atoms with van der Waals surface area (Å²) < 4.78 is 5.21. The van der Waals surface area contributed by atoms with Gasteiger partial charge in [0.2, 0.25) is 0 Å². The summed E-state index contributed by atoms with van der Waals surface area (Å²) in [6.45, 7) is 6.45. The zero-order valence-corrected chi connectivity index (χ0v) is 13.4. The maximum Gasteiger partial charge on any atom is 0.119 e. The summed E-state index contributed by atoms with van der Waals surface area (Å²) in [5, 5.41) is 3.69. The Kier molecular flexibility index (Phi) is 5.88. The van der Waals surface area contributed by atoms with Crippen molar-refractivity contribution in [2.24, 2.45) is 5.73 Å². The van der Waals surface area contributed by atoms with Crippen LogP contribution >= 0.6 is 0 Å². The van der Waals surface area contributed by atoms with Crippen LogP contribution in [0.5, 0.6) is 5.75 Å². The molecule has 0 spiro atoms. The first-order valence-electron chi connectivity index (χ1n) is 8.06. The number of likely N-dealkylation sites (tertiary alicyclic amines) is 1. The van der Waals surface area contributed by atoms with E-state index in [1.165, 1.54) is 25.9 Å². The number of nitrogens with zero attached hydrogens (tertiary/aromatic N) is 1. The van der Waals surface area contributed by atoms with E-state index in [0.29, 0.717) is 6.54 Å². The molecule has 1 aliphatic heterocycles. The van der Waals surface area contributed by atoms with Crippen LogP contribution in [0.2, 0.25) is 0 Å². The van der Waals surface area contributed by atoms with E-state index in [1.54, 1.807) is 7.11 Å². The molecule has 1 aromatic carbocycles. The Bertz CT molecular complexity index is 421. The Labute approximate surface area is 128 Å². The van der Waals surface area contributed by atoms with E-state index in [9.17, 15) is 0 Å². The number of nitrogens with one attached hydrogen (secondary N) is 1. The van der Waals surface area contributed by atoms with Gasteiger partial charge in [0, 0.05) is 18.8 Å². The zero-order chi connectivity index (χ0) is 15.1. The number of benzene rings is 1. The second-order valence-electron chi connectivity index (χ2n) is 6.03. The summed E-state index contributed by atoms with van der Waals surface area (Å²) in [5.41, 5.74) is 7.28. The highest BCUT2D eigenvalue weighted by atomic mass is 16.5. The van der Waals surface area contributed by atoms with E-state index < -0.39 is 0 Å². The Morgan fingerprint density at radius 2 is 2.00 bits per heavy atom. The van der Waals surface area contributed by atoms with Gasteiger partial charge in [-0.25, -0.2) is 0 Å². The standard InChI is InChI=1S/C17H29N3O/c1-3-11-20-12-4-9-17(14-18,10-13-20)19-15-5-7-16(21-2)8-6-15/h5-8,19H,3-4,9-14,18H2,1-2H3. The number of anilines is 1. The van der Waals surface area contributed by atoms with E-state index in [-0.39, 0.29) is 5.54 Å². The molecule has 1 fully saturated rings. The molecule has 1 aliphatic rings. The van der Waals surface area contributed by atoms with E-state index >= 15 is 0 Å². The molecule has 0 amide bonds. The van der Waals surface area contributed by atoms with Crippen LogP contribution in [0.25, 0.3) is 0 Å². The van der Waals surface area contributed by atoms with Gasteiger partial charge in [-0.05, 0) is 63.0 Å². The summed E-state index contributed by atoms with van der Waals surface area (Å²) in [6, 6.07) is 8.13. The Hall–Kier alpha value is -1.26. The number of nitrogens with two attached hydrogens (primary N) is 1. The van der Waals surface area contributed by atoms with Crippen molar-refractivity contribution in [3.05, 3.63) is 24.3 Å². The van der Waals surface area contributed by atoms with Crippen LogP contribution in [0.15, 0.2) is 24.3 Å². The normalized spacial score (nSPS) is 23.6. The summed E-state index contributed by atoms with van der Waals surface area (Å²) in [6.07, 6.45) is 4.67. The highest BCUT2D eigenvalue weighted by Gasteiger charge is 2.31. The lowest BCUT2D eigenvalue weighted by Gasteiger charge is -2.34. The van der Waals surface area contributed by atoms with Gasteiger partial charge in [-0.3, -0.25) is 0 Å². The van der Waals surface area contributed by atoms with Crippen LogP contribution < -0.4 is 15.8 Å². The maximum atomic E-state index is 6.13. The summed E-state index contributed by atoms with van der Waals surface area (Å²) >= 11 is 0. The number of rotatable bonds is 6. The van der Waals surface area contributed by atoms with Crippen molar-refractivity contribution < 1.29 is 4.74 Å². The van der Waals surface area contributed by atoms with E-state index in [4.69, 9.17) is 10.5 Å². The third-order valence-electron chi connectivity index (χ3n) is 4.47. The predicted molar refractivity (Wildman–Crippen MR) is 89.0 cm³/mol. The van der Waals surface area contributed by atoms with Gasteiger partial charge in [-0.2, -0.15) is 0 Å². The molecule has 0 aromatic heterocycles. The van der Waals surface area contributed by atoms with Crippen LogP contribution in [-0.2, 0) is 0 Å². The largest absolute Gasteiger partial charge is 0.497 e. The third kappa shape index (κ3) is 4.35. The second kappa shape index (κ2) is 7.66. The monoisotopic (exact) mass is 291 g/mol. The minimum atomic E-state index is 0.0249. The van der Waals surface area contributed by atoms with Crippen molar-refractivity contribution >= 4 is 5.69 Å².